The molecular formula is C12H13NO2. The standard InChI is InChI=1S/C12H13NO2/c1-15-11(14)12(6-2-3-7-12)10-4-8-13-9-5-10/h2-5,8-9H,6-7H2,1H3. The molecule has 1 aliphatic rings. The van der Waals surface area contributed by atoms with Crippen molar-refractivity contribution in [3.63, 3.8) is 0 Å². The van der Waals surface area contributed by atoms with E-state index >= 15 is 0 Å². The number of hydrogen-bond donors (Lipinski definition) is 0. The van der Waals surface area contributed by atoms with Crippen LogP contribution in [-0.4, -0.2) is 18.1 Å². The zero-order valence-corrected chi connectivity index (χ0v) is 8.64. The highest BCUT2D eigenvalue weighted by molar-refractivity contribution is 5.84. The number of rotatable bonds is 2. The smallest absolute Gasteiger partial charge is 0.316 e. The second kappa shape index (κ2) is 3.85. The molecule has 0 unspecified atom stereocenters. The molecule has 1 aromatic heterocycles. The quantitative estimate of drug-likeness (QED) is 0.544. The highest BCUT2D eigenvalue weighted by atomic mass is 16.5. The molecular weight excluding hydrogens is 190 g/mol. The van der Waals surface area contributed by atoms with Gasteiger partial charge in [0.05, 0.1) is 12.5 Å². The lowest BCUT2D eigenvalue weighted by Crippen LogP contribution is -2.34. The number of pyridine rings is 1. The van der Waals surface area contributed by atoms with Crippen LogP contribution >= 0.6 is 0 Å². The lowest BCUT2D eigenvalue weighted by Gasteiger charge is -2.26. The minimum atomic E-state index is -0.516. The van der Waals surface area contributed by atoms with Crippen LogP contribution in [0.1, 0.15) is 18.4 Å². The SMILES string of the molecule is COC(=O)C1(c2ccncc2)CC=CC1. The molecule has 0 saturated carbocycles. The van der Waals surface area contributed by atoms with Gasteiger partial charge in [0.25, 0.3) is 0 Å². The van der Waals surface area contributed by atoms with Crippen molar-refractivity contribution in [1.29, 1.82) is 0 Å². The van der Waals surface area contributed by atoms with Crippen LogP contribution in [0.15, 0.2) is 36.7 Å². The van der Waals surface area contributed by atoms with Gasteiger partial charge in [-0.15, -0.1) is 0 Å². The summed E-state index contributed by atoms with van der Waals surface area (Å²) in [6.45, 7) is 0. The van der Waals surface area contributed by atoms with Gasteiger partial charge < -0.3 is 4.74 Å². The van der Waals surface area contributed by atoms with Crippen LogP contribution < -0.4 is 0 Å². The van der Waals surface area contributed by atoms with Crippen molar-refractivity contribution in [3.05, 3.63) is 42.2 Å². The van der Waals surface area contributed by atoms with Gasteiger partial charge in [0.1, 0.15) is 0 Å². The van der Waals surface area contributed by atoms with E-state index in [0.717, 1.165) is 5.56 Å². The number of methoxy groups -OCH3 is 1. The topological polar surface area (TPSA) is 39.2 Å². The molecule has 0 saturated heterocycles. The summed E-state index contributed by atoms with van der Waals surface area (Å²) in [5.74, 6) is -0.168. The number of nitrogens with zero attached hydrogens (tertiary/aromatic N) is 1. The molecule has 3 nitrogen and oxygen atoms in total. The van der Waals surface area contributed by atoms with E-state index in [-0.39, 0.29) is 5.97 Å². The molecule has 0 amide bonds. The van der Waals surface area contributed by atoms with E-state index in [0.29, 0.717) is 12.8 Å². The highest BCUT2D eigenvalue weighted by Crippen LogP contribution is 2.37. The van der Waals surface area contributed by atoms with Crippen LogP contribution in [0, 0.1) is 0 Å². The molecule has 0 aliphatic heterocycles. The Morgan fingerprint density at radius 3 is 2.47 bits per heavy atom. The third-order valence-corrected chi connectivity index (χ3v) is 2.91. The summed E-state index contributed by atoms with van der Waals surface area (Å²) in [6.07, 6.45) is 8.89. The first kappa shape index (κ1) is 9.90. The van der Waals surface area contributed by atoms with Gasteiger partial charge >= 0.3 is 5.97 Å². The van der Waals surface area contributed by atoms with Crippen molar-refractivity contribution < 1.29 is 9.53 Å². The Bertz CT molecular complexity index is 376. The molecule has 0 fully saturated rings. The molecule has 0 aromatic carbocycles. The first-order chi connectivity index (χ1) is 7.29. The minimum absolute atomic E-state index is 0.168. The first-order valence-electron chi connectivity index (χ1n) is 4.93. The van der Waals surface area contributed by atoms with Crippen molar-refractivity contribution in [3.8, 4) is 0 Å². The molecule has 1 aromatic rings. The maximum Gasteiger partial charge on any atom is 0.316 e. The van der Waals surface area contributed by atoms with E-state index in [2.05, 4.69) is 4.98 Å². The van der Waals surface area contributed by atoms with Gasteiger partial charge in [0.15, 0.2) is 0 Å². The average Bonchev–Trinajstić information content (AvgIpc) is 2.79. The third-order valence-electron chi connectivity index (χ3n) is 2.91. The molecule has 1 heterocycles. The maximum atomic E-state index is 11.9. The Hall–Kier alpha value is -1.64. The van der Waals surface area contributed by atoms with Gasteiger partial charge in [0, 0.05) is 12.4 Å². The van der Waals surface area contributed by atoms with Gasteiger partial charge in [-0.25, -0.2) is 0 Å². The Kier molecular flexibility index (Phi) is 2.54. The Balaban J connectivity index is 2.40. The van der Waals surface area contributed by atoms with E-state index < -0.39 is 5.41 Å². The van der Waals surface area contributed by atoms with Gasteiger partial charge in [-0.05, 0) is 30.5 Å². The van der Waals surface area contributed by atoms with E-state index in [9.17, 15) is 4.79 Å². The van der Waals surface area contributed by atoms with Crippen molar-refractivity contribution in [2.45, 2.75) is 18.3 Å². The Labute approximate surface area is 88.8 Å². The van der Waals surface area contributed by atoms with Crippen LogP contribution in [0.5, 0.6) is 0 Å². The maximum absolute atomic E-state index is 11.9. The van der Waals surface area contributed by atoms with E-state index in [4.69, 9.17) is 4.74 Å². The molecule has 0 radical (unpaired) electrons. The zero-order chi connectivity index (χ0) is 10.7. The summed E-state index contributed by atoms with van der Waals surface area (Å²) in [5.41, 5.74) is 0.465. The number of aromatic nitrogens is 1. The minimum Gasteiger partial charge on any atom is -0.468 e. The molecule has 1 aliphatic carbocycles. The number of carbonyl (C=O) groups excluding carboxylic acids is 1. The second-order valence-corrected chi connectivity index (χ2v) is 3.69. The lowest BCUT2D eigenvalue weighted by atomic mass is 9.79. The lowest BCUT2D eigenvalue weighted by molar-refractivity contribution is -0.147. The average molecular weight is 203 g/mol. The zero-order valence-electron chi connectivity index (χ0n) is 8.64. The highest BCUT2D eigenvalue weighted by Gasteiger charge is 2.41. The Morgan fingerprint density at radius 1 is 1.33 bits per heavy atom. The van der Waals surface area contributed by atoms with Crippen molar-refractivity contribution >= 4 is 5.97 Å². The fourth-order valence-electron chi connectivity index (χ4n) is 2.04. The van der Waals surface area contributed by atoms with Crippen LogP contribution in [0.3, 0.4) is 0 Å². The predicted octanol–water partition coefficient (Wildman–Crippen LogP) is 1.84. The van der Waals surface area contributed by atoms with Gasteiger partial charge in [-0.2, -0.15) is 0 Å². The molecule has 2 rings (SSSR count). The number of allylic oxidation sites excluding steroid dienone is 2. The number of hydrogen-bond acceptors (Lipinski definition) is 3. The van der Waals surface area contributed by atoms with E-state index in [1.54, 1.807) is 12.4 Å². The molecule has 15 heavy (non-hydrogen) atoms. The largest absolute Gasteiger partial charge is 0.468 e. The predicted molar refractivity (Wildman–Crippen MR) is 56.3 cm³/mol. The summed E-state index contributed by atoms with van der Waals surface area (Å²) in [7, 11) is 1.43. The number of carbonyl (C=O) groups is 1. The fraction of sp³-hybridized carbons (Fsp3) is 0.333. The van der Waals surface area contributed by atoms with Crippen LogP contribution in [0.4, 0.5) is 0 Å². The summed E-state index contributed by atoms with van der Waals surface area (Å²) >= 11 is 0. The van der Waals surface area contributed by atoms with Crippen molar-refractivity contribution in [2.24, 2.45) is 0 Å². The van der Waals surface area contributed by atoms with Gasteiger partial charge in [-0.3, -0.25) is 9.78 Å². The molecule has 0 atom stereocenters. The molecule has 0 bridgehead atoms. The van der Waals surface area contributed by atoms with Gasteiger partial charge in [-0.1, -0.05) is 12.2 Å². The first-order valence-corrected chi connectivity index (χ1v) is 4.93. The second-order valence-electron chi connectivity index (χ2n) is 3.69. The van der Waals surface area contributed by atoms with Crippen molar-refractivity contribution in [1.82, 2.24) is 4.98 Å². The molecule has 3 heteroatoms. The number of esters is 1. The summed E-state index contributed by atoms with van der Waals surface area (Å²) in [5, 5.41) is 0. The summed E-state index contributed by atoms with van der Waals surface area (Å²) in [6, 6.07) is 3.76. The van der Waals surface area contributed by atoms with E-state index in [1.807, 2.05) is 24.3 Å². The Morgan fingerprint density at radius 2 is 1.93 bits per heavy atom. The third kappa shape index (κ3) is 1.54. The number of ether oxygens (including phenoxy) is 1. The summed E-state index contributed by atoms with van der Waals surface area (Å²) < 4.78 is 4.89. The van der Waals surface area contributed by atoms with Crippen molar-refractivity contribution in [2.75, 3.05) is 7.11 Å². The molecule has 78 valence electrons. The molecule has 0 N–H and O–H groups in total. The van der Waals surface area contributed by atoms with Crippen LogP contribution in [0.2, 0.25) is 0 Å². The van der Waals surface area contributed by atoms with Crippen LogP contribution in [0.25, 0.3) is 0 Å². The summed E-state index contributed by atoms with van der Waals surface area (Å²) in [4.78, 5) is 15.8. The van der Waals surface area contributed by atoms with E-state index in [1.165, 1.54) is 7.11 Å². The normalized spacial score (nSPS) is 17.7. The fourth-order valence-corrected chi connectivity index (χ4v) is 2.04. The monoisotopic (exact) mass is 203 g/mol. The van der Waals surface area contributed by atoms with Gasteiger partial charge in [0.2, 0.25) is 0 Å². The van der Waals surface area contributed by atoms with Crippen LogP contribution in [-0.2, 0) is 14.9 Å². The molecule has 0 spiro atoms.